The van der Waals surface area contributed by atoms with E-state index < -0.39 is 17.7 Å². The number of anilines is 1. The lowest BCUT2D eigenvalue weighted by Gasteiger charge is -2.35. The van der Waals surface area contributed by atoms with E-state index in [9.17, 15) is 18.4 Å². The van der Waals surface area contributed by atoms with Crippen molar-refractivity contribution in [2.24, 2.45) is 5.92 Å². The fraction of sp³-hybridized carbons (Fsp3) is 0.636. The van der Waals surface area contributed by atoms with Crippen molar-refractivity contribution in [2.45, 2.75) is 64.3 Å². The van der Waals surface area contributed by atoms with Gasteiger partial charge >= 0.3 is 6.03 Å². The molecule has 1 saturated carbocycles. The molecule has 1 aromatic rings. The fourth-order valence-electron chi connectivity index (χ4n) is 4.25. The Morgan fingerprint density at radius 2 is 1.79 bits per heavy atom. The van der Waals surface area contributed by atoms with Crippen molar-refractivity contribution >= 4 is 17.6 Å². The molecular weight excluding hydrogens is 376 g/mol. The van der Waals surface area contributed by atoms with Gasteiger partial charge in [0.1, 0.15) is 11.6 Å². The average Bonchev–Trinajstić information content (AvgIpc) is 2.71. The first-order chi connectivity index (χ1) is 13.9. The molecule has 0 radical (unpaired) electrons. The van der Waals surface area contributed by atoms with Crippen molar-refractivity contribution in [2.75, 3.05) is 25.0 Å². The summed E-state index contributed by atoms with van der Waals surface area (Å²) in [5, 5.41) is 2.56. The van der Waals surface area contributed by atoms with Crippen LogP contribution in [0.4, 0.5) is 19.3 Å². The molecule has 0 bridgehead atoms. The van der Waals surface area contributed by atoms with Gasteiger partial charge in [-0.3, -0.25) is 4.79 Å². The van der Waals surface area contributed by atoms with Crippen molar-refractivity contribution < 1.29 is 18.4 Å². The van der Waals surface area contributed by atoms with Crippen LogP contribution in [0, 0.1) is 17.6 Å². The summed E-state index contributed by atoms with van der Waals surface area (Å²) in [4.78, 5) is 29.1. The van der Waals surface area contributed by atoms with Gasteiger partial charge in [0.05, 0.1) is 5.69 Å². The van der Waals surface area contributed by atoms with E-state index in [0.29, 0.717) is 12.5 Å². The molecule has 1 heterocycles. The molecule has 29 heavy (non-hydrogen) atoms. The number of benzene rings is 1. The molecule has 2 aliphatic rings. The summed E-state index contributed by atoms with van der Waals surface area (Å²) >= 11 is 0. The maximum absolute atomic E-state index is 14.0. The van der Waals surface area contributed by atoms with E-state index in [0.717, 1.165) is 70.2 Å². The van der Waals surface area contributed by atoms with Crippen molar-refractivity contribution in [3.8, 4) is 0 Å². The average molecular weight is 408 g/mol. The predicted molar refractivity (Wildman–Crippen MR) is 109 cm³/mol. The normalized spacial score (nSPS) is 18.5. The zero-order valence-corrected chi connectivity index (χ0v) is 17.1. The molecule has 5 nitrogen and oxygen atoms in total. The maximum atomic E-state index is 14.0. The van der Waals surface area contributed by atoms with Crippen LogP contribution < -0.4 is 5.32 Å². The first-order valence-corrected chi connectivity index (χ1v) is 10.7. The van der Waals surface area contributed by atoms with Crippen LogP contribution in [0.15, 0.2) is 18.2 Å². The molecule has 0 atom stereocenters. The first kappa shape index (κ1) is 21.5. The third-order valence-corrected chi connectivity index (χ3v) is 6.15. The van der Waals surface area contributed by atoms with E-state index >= 15 is 0 Å². The molecule has 1 saturated heterocycles. The minimum absolute atomic E-state index is 0.0430. The summed E-state index contributed by atoms with van der Waals surface area (Å²) in [7, 11) is 0. The number of hydrogen-bond acceptors (Lipinski definition) is 2. The molecule has 2 fully saturated rings. The minimum atomic E-state index is -0.805. The van der Waals surface area contributed by atoms with Gasteiger partial charge in [-0.2, -0.15) is 0 Å². The number of likely N-dealkylation sites (tertiary alicyclic amines) is 1. The smallest absolute Gasteiger partial charge is 0.322 e. The van der Waals surface area contributed by atoms with Crippen LogP contribution in [-0.4, -0.2) is 47.4 Å². The van der Waals surface area contributed by atoms with Gasteiger partial charge in [-0.15, -0.1) is 0 Å². The molecule has 0 spiro atoms. The number of nitrogens with one attached hydrogen (secondary N) is 1. The van der Waals surface area contributed by atoms with Crippen LogP contribution in [0.3, 0.4) is 0 Å². The van der Waals surface area contributed by atoms with Gasteiger partial charge in [0.2, 0.25) is 5.91 Å². The minimum Gasteiger partial charge on any atom is -0.343 e. The second kappa shape index (κ2) is 10.0. The highest BCUT2D eigenvalue weighted by Gasteiger charge is 2.28. The highest BCUT2D eigenvalue weighted by Crippen LogP contribution is 2.25. The van der Waals surface area contributed by atoms with Crippen LogP contribution in [0.5, 0.6) is 0 Å². The highest BCUT2D eigenvalue weighted by molar-refractivity contribution is 5.90. The van der Waals surface area contributed by atoms with E-state index in [1.165, 1.54) is 6.07 Å². The molecule has 3 rings (SSSR count). The van der Waals surface area contributed by atoms with Crippen LogP contribution in [0.2, 0.25) is 0 Å². The molecular formula is C22H31F2N3O2. The third kappa shape index (κ3) is 5.90. The molecule has 160 valence electrons. The van der Waals surface area contributed by atoms with Crippen LogP contribution >= 0.6 is 0 Å². The molecule has 1 aliphatic heterocycles. The van der Waals surface area contributed by atoms with E-state index in [4.69, 9.17) is 0 Å². The van der Waals surface area contributed by atoms with E-state index in [2.05, 4.69) is 12.2 Å². The SMILES string of the molecule is CC1CCN(C(=O)CCN(C(=O)Nc2ccc(F)cc2F)C2CCCCC2)CC1. The summed E-state index contributed by atoms with van der Waals surface area (Å²) in [6.07, 6.45) is 7.29. The first-order valence-electron chi connectivity index (χ1n) is 10.7. The highest BCUT2D eigenvalue weighted by atomic mass is 19.1. The quantitative estimate of drug-likeness (QED) is 0.764. The Bertz CT molecular complexity index is 714. The maximum Gasteiger partial charge on any atom is 0.322 e. The Balaban J connectivity index is 1.63. The second-order valence-electron chi connectivity index (χ2n) is 8.35. The topological polar surface area (TPSA) is 52.7 Å². The van der Waals surface area contributed by atoms with Crippen molar-refractivity contribution in [1.82, 2.24) is 9.80 Å². The van der Waals surface area contributed by atoms with Gasteiger partial charge in [0.15, 0.2) is 0 Å². The Morgan fingerprint density at radius 3 is 2.45 bits per heavy atom. The number of carbonyl (C=O) groups excluding carboxylic acids is 2. The summed E-state index contributed by atoms with van der Waals surface area (Å²) < 4.78 is 27.1. The van der Waals surface area contributed by atoms with Gasteiger partial charge in [-0.25, -0.2) is 13.6 Å². The number of amides is 3. The second-order valence-corrected chi connectivity index (χ2v) is 8.35. The zero-order valence-electron chi connectivity index (χ0n) is 17.1. The Labute approximate surface area is 171 Å². The number of urea groups is 1. The monoisotopic (exact) mass is 407 g/mol. The van der Waals surface area contributed by atoms with E-state index in [1.807, 2.05) is 4.90 Å². The predicted octanol–water partition coefficient (Wildman–Crippen LogP) is 4.78. The number of hydrogen-bond donors (Lipinski definition) is 1. The zero-order chi connectivity index (χ0) is 20.8. The largest absolute Gasteiger partial charge is 0.343 e. The number of halogens is 2. The van der Waals surface area contributed by atoms with Gasteiger partial charge in [-0.05, 0) is 43.7 Å². The lowest BCUT2D eigenvalue weighted by atomic mass is 9.94. The van der Waals surface area contributed by atoms with Gasteiger partial charge < -0.3 is 15.1 Å². The summed E-state index contributed by atoms with van der Waals surface area (Å²) in [6, 6.07) is 2.71. The summed E-state index contributed by atoms with van der Waals surface area (Å²) in [6.45, 7) is 4.06. The van der Waals surface area contributed by atoms with Gasteiger partial charge in [0, 0.05) is 38.2 Å². The van der Waals surface area contributed by atoms with Gasteiger partial charge in [0.25, 0.3) is 0 Å². The summed E-state index contributed by atoms with van der Waals surface area (Å²) in [5.41, 5.74) is -0.0476. The number of nitrogens with zero attached hydrogens (tertiary/aromatic N) is 2. The fourth-order valence-corrected chi connectivity index (χ4v) is 4.25. The molecule has 0 aromatic heterocycles. The van der Waals surface area contributed by atoms with Crippen molar-refractivity contribution in [3.05, 3.63) is 29.8 Å². The lowest BCUT2D eigenvalue weighted by molar-refractivity contribution is -0.132. The Hall–Kier alpha value is -2.18. The van der Waals surface area contributed by atoms with E-state index in [-0.39, 0.29) is 24.1 Å². The molecule has 0 unspecified atom stereocenters. The Kier molecular flexibility index (Phi) is 7.45. The molecule has 7 heteroatoms. The van der Waals surface area contributed by atoms with Gasteiger partial charge in [-0.1, -0.05) is 26.2 Å². The number of rotatable bonds is 5. The third-order valence-electron chi connectivity index (χ3n) is 6.15. The van der Waals surface area contributed by atoms with Crippen LogP contribution in [0.25, 0.3) is 0 Å². The van der Waals surface area contributed by atoms with Crippen molar-refractivity contribution in [3.63, 3.8) is 0 Å². The van der Waals surface area contributed by atoms with E-state index in [1.54, 1.807) is 4.90 Å². The van der Waals surface area contributed by atoms with Crippen molar-refractivity contribution in [1.29, 1.82) is 0 Å². The lowest BCUT2D eigenvalue weighted by Crippen LogP contribution is -2.46. The molecule has 1 N–H and O–H groups in total. The number of piperidine rings is 1. The molecule has 3 amide bonds. The number of carbonyl (C=O) groups is 2. The van der Waals surface area contributed by atoms with Crippen LogP contribution in [-0.2, 0) is 4.79 Å². The summed E-state index contributed by atoms with van der Waals surface area (Å²) in [5.74, 6) is -0.779. The molecule has 1 aliphatic carbocycles. The molecule has 1 aromatic carbocycles. The standard InChI is InChI=1S/C22H31F2N3O2/c1-16-9-12-26(13-10-16)21(28)11-14-27(18-5-3-2-4-6-18)22(29)25-20-8-7-17(23)15-19(20)24/h7-8,15-16,18H,2-6,9-14H2,1H3,(H,25,29). The Morgan fingerprint density at radius 1 is 1.10 bits per heavy atom. The van der Waals surface area contributed by atoms with Crippen LogP contribution in [0.1, 0.15) is 58.3 Å².